The first kappa shape index (κ1) is 17.3. The van der Waals surface area contributed by atoms with E-state index in [0.717, 1.165) is 17.9 Å². The van der Waals surface area contributed by atoms with E-state index in [4.69, 9.17) is 9.47 Å². The first-order chi connectivity index (χ1) is 11.9. The Labute approximate surface area is 148 Å². The smallest absolute Gasteiger partial charge is 0.265 e. The number of aromatic nitrogens is 2. The summed E-state index contributed by atoms with van der Waals surface area (Å²) in [6, 6.07) is 9.46. The Balaban J connectivity index is 1.55. The molecule has 0 aliphatic carbocycles. The molecule has 2 heterocycles. The lowest BCUT2D eigenvalue weighted by molar-refractivity contribution is -0.133. The fraction of sp³-hybridized carbons (Fsp3) is 0.474. The summed E-state index contributed by atoms with van der Waals surface area (Å²) >= 11 is 0. The quantitative estimate of drug-likeness (QED) is 0.906. The molecule has 134 valence electrons. The molecule has 1 aromatic heterocycles. The van der Waals surface area contributed by atoms with Gasteiger partial charge >= 0.3 is 0 Å². The predicted octanol–water partition coefficient (Wildman–Crippen LogP) is 2.48. The highest BCUT2D eigenvalue weighted by molar-refractivity contribution is 5.82. The van der Waals surface area contributed by atoms with Crippen LogP contribution in [0.1, 0.15) is 25.2 Å². The number of amides is 1. The van der Waals surface area contributed by atoms with Gasteiger partial charge in [-0.05, 0) is 44.9 Å². The van der Waals surface area contributed by atoms with E-state index in [2.05, 4.69) is 23.4 Å². The minimum atomic E-state index is -0.643. The summed E-state index contributed by atoms with van der Waals surface area (Å²) in [6.07, 6.45) is -0.975. The number of hydrogen-bond acceptors (Lipinski definition) is 4. The van der Waals surface area contributed by atoms with Crippen molar-refractivity contribution >= 4 is 5.91 Å². The van der Waals surface area contributed by atoms with Crippen LogP contribution in [-0.2, 0) is 11.3 Å². The monoisotopic (exact) mass is 343 g/mol. The molecule has 1 aromatic carbocycles. The molecule has 1 aliphatic rings. The normalized spacial score (nSPS) is 20.2. The number of rotatable bonds is 5. The number of aryl methyl sites for hydroxylation is 2. The van der Waals surface area contributed by atoms with Crippen molar-refractivity contribution in [2.75, 3.05) is 6.54 Å². The van der Waals surface area contributed by atoms with E-state index in [-0.39, 0.29) is 17.9 Å². The van der Waals surface area contributed by atoms with Crippen LogP contribution < -0.4 is 14.8 Å². The van der Waals surface area contributed by atoms with E-state index in [0.29, 0.717) is 18.0 Å². The minimum absolute atomic E-state index is 0.151. The lowest BCUT2D eigenvalue weighted by atomic mass is 10.1. The first-order valence-corrected chi connectivity index (χ1v) is 8.65. The van der Waals surface area contributed by atoms with E-state index in [1.54, 1.807) is 0 Å². The van der Waals surface area contributed by atoms with Gasteiger partial charge in [0.15, 0.2) is 11.5 Å². The third-order valence-electron chi connectivity index (χ3n) is 4.31. The summed E-state index contributed by atoms with van der Waals surface area (Å²) in [4.78, 5) is 12.5. The van der Waals surface area contributed by atoms with Crippen LogP contribution in [0.15, 0.2) is 30.3 Å². The van der Waals surface area contributed by atoms with E-state index >= 15 is 0 Å². The number of benzene rings is 1. The van der Waals surface area contributed by atoms with Gasteiger partial charge < -0.3 is 14.8 Å². The Morgan fingerprint density at radius 1 is 1.28 bits per heavy atom. The van der Waals surface area contributed by atoms with Gasteiger partial charge in [0.1, 0.15) is 6.10 Å². The number of nitrogens with one attached hydrogen (secondary N) is 1. The van der Waals surface area contributed by atoms with Crippen LogP contribution >= 0.6 is 0 Å². The Hall–Kier alpha value is -2.50. The van der Waals surface area contributed by atoms with Gasteiger partial charge in [0.2, 0.25) is 6.10 Å². The third kappa shape index (κ3) is 3.95. The molecular weight excluding hydrogens is 318 g/mol. The molecule has 6 heteroatoms. The zero-order valence-corrected chi connectivity index (χ0v) is 15.2. The fourth-order valence-electron chi connectivity index (χ4n) is 3.00. The van der Waals surface area contributed by atoms with Crippen molar-refractivity contribution < 1.29 is 14.3 Å². The van der Waals surface area contributed by atoms with Crippen LogP contribution in [0, 0.1) is 19.8 Å². The van der Waals surface area contributed by atoms with Crippen LogP contribution in [-0.4, -0.2) is 34.4 Å². The summed E-state index contributed by atoms with van der Waals surface area (Å²) in [5, 5.41) is 7.44. The van der Waals surface area contributed by atoms with Gasteiger partial charge in [-0.25, -0.2) is 0 Å². The van der Waals surface area contributed by atoms with Crippen LogP contribution in [0.2, 0.25) is 0 Å². The van der Waals surface area contributed by atoms with Crippen molar-refractivity contribution in [1.82, 2.24) is 15.1 Å². The molecule has 6 nitrogen and oxygen atoms in total. The van der Waals surface area contributed by atoms with Gasteiger partial charge in [-0.3, -0.25) is 9.48 Å². The second-order valence-corrected chi connectivity index (χ2v) is 6.77. The summed E-state index contributed by atoms with van der Waals surface area (Å²) in [6.45, 7) is 9.28. The molecule has 0 spiro atoms. The molecule has 1 amide bonds. The van der Waals surface area contributed by atoms with Crippen LogP contribution in [0.4, 0.5) is 0 Å². The highest BCUT2D eigenvalue weighted by atomic mass is 16.6. The Kier molecular flexibility index (Phi) is 4.97. The second kappa shape index (κ2) is 7.17. The zero-order chi connectivity index (χ0) is 18.0. The maximum atomic E-state index is 12.5. The van der Waals surface area contributed by atoms with Crippen LogP contribution in [0.25, 0.3) is 0 Å². The van der Waals surface area contributed by atoms with Gasteiger partial charge in [0.05, 0.1) is 5.69 Å². The molecule has 1 N–H and O–H groups in total. The van der Waals surface area contributed by atoms with E-state index in [9.17, 15) is 4.79 Å². The lowest BCUT2D eigenvalue weighted by Gasteiger charge is -2.31. The van der Waals surface area contributed by atoms with Crippen molar-refractivity contribution in [3.63, 3.8) is 0 Å². The van der Waals surface area contributed by atoms with Crippen molar-refractivity contribution in [3.05, 3.63) is 41.7 Å². The molecule has 0 saturated heterocycles. The van der Waals surface area contributed by atoms with Gasteiger partial charge in [-0.1, -0.05) is 19.1 Å². The Morgan fingerprint density at radius 3 is 2.60 bits per heavy atom. The molecule has 3 rings (SSSR count). The van der Waals surface area contributed by atoms with Gasteiger partial charge in [-0.15, -0.1) is 0 Å². The average Bonchev–Trinajstić information content (AvgIpc) is 2.89. The Bertz CT molecular complexity index is 756. The molecule has 3 atom stereocenters. The molecule has 0 saturated carbocycles. The van der Waals surface area contributed by atoms with E-state index < -0.39 is 6.10 Å². The standard InChI is InChI=1S/C19H25N3O3/c1-12(11-22-14(3)9-13(2)21-22)10-20-19(23)18-15(4)24-16-7-5-6-8-17(16)25-18/h5-9,12,15,18H,10-11H2,1-4H3,(H,20,23)/t12-,15+,18-/m1/s1. The van der Waals surface area contributed by atoms with Crippen molar-refractivity contribution in [1.29, 1.82) is 0 Å². The van der Waals surface area contributed by atoms with Crippen molar-refractivity contribution in [3.8, 4) is 11.5 Å². The molecule has 0 bridgehead atoms. The summed E-state index contributed by atoms with van der Waals surface area (Å²) in [5.74, 6) is 1.39. The minimum Gasteiger partial charge on any atom is -0.482 e. The highest BCUT2D eigenvalue weighted by Gasteiger charge is 2.33. The molecule has 2 aromatic rings. The van der Waals surface area contributed by atoms with Gasteiger partial charge in [0.25, 0.3) is 5.91 Å². The van der Waals surface area contributed by atoms with Crippen LogP contribution in [0.3, 0.4) is 0 Å². The van der Waals surface area contributed by atoms with Gasteiger partial charge in [-0.2, -0.15) is 5.10 Å². The zero-order valence-electron chi connectivity index (χ0n) is 15.2. The number of carbonyl (C=O) groups is 1. The summed E-state index contributed by atoms with van der Waals surface area (Å²) in [7, 11) is 0. The maximum Gasteiger partial charge on any atom is 0.265 e. The van der Waals surface area contributed by atoms with Crippen molar-refractivity contribution in [2.24, 2.45) is 5.92 Å². The fourth-order valence-corrected chi connectivity index (χ4v) is 3.00. The van der Waals surface area contributed by atoms with E-state index in [1.807, 2.05) is 49.7 Å². The molecule has 0 fully saturated rings. The van der Waals surface area contributed by atoms with E-state index in [1.165, 1.54) is 0 Å². The number of para-hydroxylation sites is 2. The van der Waals surface area contributed by atoms with Gasteiger partial charge in [0, 0.05) is 18.8 Å². The number of ether oxygens (including phenoxy) is 2. The summed E-state index contributed by atoms with van der Waals surface area (Å²) in [5.41, 5.74) is 2.14. The largest absolute Gasteiger partial charge is 0.482 e. The lowest BCUT2D eigenvalue weighted by Crippen LogP contribution is -2.49. The predicted molar refractivity (Wildman–Crippen MR) is 94.8 cm³/mol. The first-order valence-electron chi connectivity index (χ1n) is 8.65. The third-order valence-corrected chi connectivity index (χ3v) is 4.31. The van der Waals surface area contributed by atoms with Crippen LogP contribution in [0.5, 0.6) is 11.5 Å². The molecule has 1 aliphatic heterocycles. The number of hydrogen-bond donors (Lipinski definition) is 1. The Morgan fingerprint density at radius 2 is 1.96 bits per heavy atom. The molecule has 0 radical (unpaired) electrons. The highest BCUT2D eigenvalue weighted by Crippen LogP contribution is 2.33. The maximum absolute atomic E-state index is 12.5. The topological polar surface area (TPSA) is 65.4 Å². The number of carbonyl (C=O) groups excluding carboxylic acids is 1. The molecule has 0 unspecified atom stereocenters. The SMILES string of the molecule is Cc1cc(C)n(C[C@H](C)CNC(=O)[C@@H]2Oc3ccccc3O[C@H]2C)n1. The number of fused-ring (bicyclic) bond motifs is 1. The summed E-state index contributed by atoms with van der Waals surface area (Å²) < 4.78 is 13.6. The average molecular weight is 343 g/mol. The van der Waals surface area contributed by atoms with Crippen molar-refractivity contribution in [2.45, 2.75) is 46.4 Å². The molecular formula is C19H25N3O3. The molecule has 25 heavy (non-hydrogen) atoms. The number of nitrogens with zero attached hydrogens (tertiary/aromatic N) is 2. The second-order valence-electron chi connectivity index (χ2n) is 6.77.